The number of anilines is 1. The Balaban J connectivity index is 2.28. The zero-order valence-electron chi connectivity index (χ0n) is 7.93. The average Bonchev–Trinajstić information content (AvgIpc) is 2.64. The summed E-state index contributed by atoms with van der Waals surface area (Å²) in [5.74, 6) is 0.251. The normalized spacial score (nSPS) is 10.7. The van der Waals surface area contributed by atoms with Crippen LogP contribution in [0.5, 0.6) is 5.75 Å². The van der Waals surface area contributed by atoms with Crippen molar-refractivity contribution in [2.75, 3.05) is 5.73 Å². The van der Waals surface area contributed by atoms with Crippen LogP contribution in [0.25, 0.3) is 10.6 Å². The summed E-state index contributed by atoms with van der Waals surface area (Å²) in [5, 5.41) is 0.567. The standard InChI is InChI=1S/C9H7F2N3OS/c10-8(11)15-6-3-1-2-5(4-6)7-13-9(12)14-16-7/h1-4,8H,(H2,12,14). The number of hydrogen-bond donors (Lipinski definition) is 1. The second-order valence-electron chi connectivity index (χ2n) is 2.86. The second-order valence-corrected chi connectivity index (χ2v) is 3.62. The molecule has 0 saturated carbocycles. The first kappa shape index (κ1) is 10.7. The molecule has 0 aliphatic heterocycles. The van der Waals surface area contributed by atoms with Crippen LogP contribution in [0.2, 0.25) is 0 Å². The van der Waals surface area contributed by atoms with Gasteiger partial charge in [-0.25, -0.2) is 0 Å². The molecule has 0 saturated heterocycles. The third-order valence-electron chi connectivity index (χ3n) is 1.75. The van der Waals surface area contributed by atoms with Gasteiger partial charge in [-0.05, 0) is 23.7 Å². The molecule has 84 valence electrons. The molecule has 0 aliphatic rings. The fourth-order valence-electron chi connectivity index (χ4n) is 1.16. The first-order valence-electron chi connectivity index (χ1n) is 4.29. The van der Waals surface area contributed by atoms with E-state index < -0.39 is 6.61 Å². The Morgan fingerprint density at radius 2 is 2.19 bits per heavy atom. The van der Waals surface area contributed by atoms with Crippen LogP contribution in [0.15, 0.2) is 24.3 Å². The van der Waals surface area contributed by atoms with E-state index in [9.17, 15) is 8.78 Å². The predicted molar refractivity (Wildman–Crippen MR) is 56.4 cm³/mol. The zero-order chi connectivity index (χ0) is 11.5. The van der Waals surface area contributed by atoms with Gasteiger partial charge in [0.1, 0.15) is 10.8 Å². The lowest BCUT2D eigenvalue weighted by Crippen LogP contribution is -2.01. The summed E-state index contributed by atoms with van der Waals surface area (Å²) >= 11 is 1.10. The van der Waals surface area contributed by atoms with Crippen molar-refractivity contribution in [3.8, 4) is 16.3 Å². The van der Waals surface area contributed by atoms with Gasteiger partial charge in [0.25, 0.3) is 0 Å². The Hall–Kier alpha value is -1.76. The Labute approximate surface area is 93.9 Å². The number of nitrogens with two attached hydrogens (primary N) is 1. The number of alkyl halides is 2. The Bertz CT molecular complexity index is 489. The number of halogens is 2. The number of rotatable bonds is 3. The summed E-state index contributed by atoms with van der Waals surface area (Å²) in [4.78, 5) is 3.94. The van der Waals surface area contributed by atoms with Crippen LogP contribution in [-0.2, 0) is 0 Å². The maximum absolute atomic E-state index is 12.0. The number of aromatic nitrogens is 2. The summed E-state index contributed by atoms with van der Waals surface area (Å²) < 4.78 is 32.1. The zero-order valence-corrected chi connectivity index (χ0v) is 8.75. The lowest BCUT2D eigenvalue weighted by Gasteiger charge is -2.04. The molecular weight excluding hydrogens is 236 g/mol. The van der Waals surface area contributed by atoms with Crippen molar-refractivity contribution in [2.45, 2.75) is 6.61 Å². The van der Waals surface area contributed by atoms with Crippen LogP contribution in [0.4, 0.5) is 14.7 Å². The minimum absolute atomic E-state index is 0.0845. The molecule has 4 nitrogen and oxygen atoms in total. The molecule has 0 atom stereocenters. The van der Waals surface area contributed by atoms with Gasteiger partial charge in [0, 0.05) is 5.56 Å². The van der Waals surface area contributed by atoms with E-state index in [4.69, 9.17) is 5.73 Å². The first-order chi connectivity index (χ1) is 7.65. The monoisotopic (exact) mass is 243 g/mol. The Morgan fingerprint density at radius 3 is 2.81 bits per heavy atom. The predicted octanol–water partition coefficient (Wildman–Crippen LogP) is 2.39. The highest BCUT2D eigenvalue weighted by atomic mass is 32.1. The van der Waals surface area contributed by atoms with Gasteiger partial charge in [0.2, 0.25) is 5.95 Å². The Morgan fingerprint density at radius 1 is 1.38 bits per heavy atom. The SMILES string of the molecule is Nc1nsc(-c2cccc(OC(F)F)c2)n1. The molecule has 2 rings (SSSR count). The van der Waals surface area contributed by atoms with Gasteiger partial charge < -0.3 is 10.5 Å². The number of benzene rings is 1. The largest absolute Gasteiger partial charge is 0.435 e. The van der Waals surface area contributed by atoms with Crippen molar-refractivity contribution in [1.82, 2.24) is 9.36 Å². The molecule has 2 aromatic rings. The second kappa shape index (κ2) is 4.40. The number of ether oxygens (including phenoxy) is 1. The summed E-state index contributed by atoms with van der Waals surface area (Å²) in [6.07, 6.45) is 0. The van der Waals surface area contributed by atoms with E-state index in [1.165, 1.54) is 12.1 Å². The van der Waals surface area contributed by atoms with E-state index in [1.54, 1.807) is 12.1 Å². The highest BCUT2D eigenvalue weighted by Crippen LogP contribution is 2.26. The van der Waals surface area contributed by atoms with Crippen LogP contribution >= 0.6 is 11.5 Å². The van der Waals surface area contributed by atoms with Gasteiger partial charge >= 0.3 is 6.61 Å². The van der Waals surface area contributed by atoms with Gasteiger partial charge in [-0.1, -0.05) is 12.1 Å². The summed E-state index contributed by atoms with van der Waals surface area (Å²) in [5.41, 5.74) is 6.02. The molecule has 0 bridgehead atoms. The van der Waals surface area contributed by atoms with Gasteiger partial charge in [-0.2, -0.15) is 18.1 Å². The van der Waals surface area contributed by atoms with Gasteiger partial charge in [-0.15, -0.1) is 0 Å². The van der Waals surface area contributed by atoms with E-state index in [-0.39, 0.29) is 11.7 Å². The molecule has 16 heavy (non-hydrogen) atoms. The van der Waals surface area contributed by atoms with Crippen LogP contribution < -0.4 is 10.5 Å². The molecule has 0 radical (unpaired) electrons. The fraction of sp³-hybridized carbons (Fsp3) is 0.111. The van der Waals surface area contributed by atoms with Crippen LogP contribution in [-0.4, -0.2) is 16.0 Å². The van der Waals surface area contributed by atoms with Crippen molar-refractivity contribution in [3.63, 3.8) is 0 Å². The lowest BCUT2D eigenvalue weighted by molar-refractivity contribution is -0.0498. The molecule has 1 heterocycles. The molecular formula is C9H7F2N3OS. The molecule has 0 aliphatic carbocycles. The summed E-state index contributed by atoms with van der Waals surface area (Å²) in [6, 6.07) is 6.23. The Kier molecular flexibility index (Phi) is 2.95. The highest BCUT2D eigenvalue weighted by Gasteiger charge is 2.08. The third-order valence-corrected chi connectivity index (χ3v) is 2.53. The molecule has 7 heteroatoms. The molecule has 0 unspecified atom stereocenters. The van der Waals surface area contributed by atoms with Gasteiger partial charge in [-0.3, -0.25) is 0 Å². The molecule has 1 aromatic heterocycles. The van der Waals surface area contributed by atoms with E-state index in [0.717, 1.165) is 11.5 Å². The quantitative estimate of drug-likeness (QED) is 0.899. The molecule has 0 spiro atoms. The van der Waals surface area contributed by atoms with Gasteiger partial charge in [0.05, 0.1) is 0 Å². The summed E-state index contributed by atoms with van der Waals surface area (Å²) in [7, 11) is 0. The maximum Gasteiger partial charge on any atom is 0.387 e. The van der Waals surface area contributed by atoms with E-state index >= 15 is 0 Å². The van der Waals surface area contributed by atoms with Crippen molar-refractivity contribution in [1.29, 1.82) is 0 Å². The number of nitrogens with zero attached hydrogens (tertiary/aromatic N) is 2. The first-order valence-corrected chi connectivity index (χ1v) is 5.07. The van der Waals surface area contributed by atoms with Crippen molar-refractivity contribution < 1.29 is 13.5 Å². The minimum Gasteiger partial charge on any atom is -0.435 e. The smallest absolute Gasteiger partial charge is 0.387 e. The molecule has 0 amide bonds. The van der Waals surface area contributed by atoms with Crippen molar-refractivity contribution in [3.05, 3.63) is 24.3 Å². The van der Waals surface area contributed by atoms with E-state index in [2.05, 4.69) is 14.1 Å². The molecule has 1 aromatic carbocycles. The number of hydrogen-bond acceptors (Lipinski definition) is 5. The highest BCUT2D eigenvalue weighted by molar-refractivity contribution is 7.09. The van der Waals surface area contributed by atoms with Crippen LogP contribution in [0.1, 0.15) is 0 Å². The van der Waals surface area contributed by atoms with Crippen molar-refractivity contribution >= 4 is 17.5 Å². The summed E-state index contributed by atoms with van der Waals surface area (Å²) in [6.45, 7) is -2.84. The maximum atomic E-state index is 12.0. The van der Waals surface area contributed by atoms with Crippen LogP contribution in [0, 0.1) is 0 Å². The van der Waals surface area contributed by atoms with E-state index in [1.807, 2.05) is 0 Å². The van der Waals surface area contributed by atoms with E-state index in [0.29, 0.717) is 10.6 Å². The third kappa shape index (κ3) is 2.43. The topological polar surface area (TPSA) is 61.0 Å². The van der Waals surface area contributed by atoms with Crippen LogP contribution in [0.3, 0.4) is 0 Å². The number of nitrogen functional groups attached to an aromatic ring is 1. The lowest BCUT2D eigenvalue weighted by atomic mass is 10.2. The molecule has 0 fully saturated rings. The van der Waals surface area contributed by atoms with Gasteiger partial charge in [0.15, 0.2) is 0 Å². The minimum atomic E-state index is -2.84. The fourth-order valence-corrected chi connectivity index (χ4v) is 1.74. The average molecular weight is 243 g/mol. The molecule has 2 N–H and O–H groups in total. The van der Waals surface area contributed by atoms with Crippen molar-refractivity contribution in [2.24, 2.45) is 0 Å².